The lowest BCUT2D eigenvalue weighted by Crippen LogP contribution is -2.02. The highest BCUT2D eigenvalue weighted by molar-refractivity contribution is 5.75. The molecule has 0 bridgehead atoms. The maximum Gasteiger partial charge on any atom is 0.118 e. The van der Waals surface area contributed by atoms with E-state index < -0.39 is 0 Å². The number of hydrogen-bond acceptors (Lipinski definition) is 2. The van der Waals surface area contributed by atoms with Gasteiger partial charge in [-0.15, -0.1) is 0 Å². The van der Waals surface area contributed by atoms with Crippen LogP contribution in [0.2, 0.25) is 0 Å². The highest BCUT2D eigenvalue weighted by atomic mass is 16.3. The van der Waals surface area contributed by atoms with E-state index >= 15 is 0 Å². The van der Waals surface area contributed by atoms with E-state index in [0.717, 1.165) is 25.7 Å². The van der Waals surface area contributed by atoms with E-state index in [1.165, 1.54) is 48.0 Å². The van der Waals surface area contributed by atoms with Crippen LogP contribution in [0.15, 0.2) is 35.0 Å². The fraction of sp³-hybridized carbons (Fsp3) is 0.579. The van der Waals surface area contributed by atoms with E-state index in [0.29, 0.717) is 0 Å². The van der Waals surface area contributed by atoms with Crippen molar-refractivity contribution in [1.29, 1.82) is 0 Å². The van der Waals surface area contributed by atoms with Gasteiger partial charge in [0.2, 0.25) is 0 Å². The number of allylic oxidation sites excluding steroid dienone is 1. The summed E-state index contributed by atoms with van der Waals surface area (Å²) in [5, 5.41) is 3.37. The van der Waals surface area contributed by atoms with Crippen LogP contribution in [0.1, 0.15) is 69.9 Å². The lowest BCUT2D eigenvalue weighted by molar-refractivity contribution is 0.737. The summed E-state index contributed by atoms with van der Waals surface area (Å²) in [5.41, 5.74) is 5.29. The topological polar surface area (TPSA) is 29.4 Å². The van der Waals surface area contributed by atoms with Crippen molar-refractivity contribution in [3.63, 3.8) is 0 Å². The molecule has 1 unspecified atom stereocenters. The molecule has 0 N–H and O–H groups in total. The number of aryl methyl sites for hydroxylation is 1. The van der Waals surface area contributed by atoms with Crippen LogP contribution in [0, 0.1) is 4.91 Å². The number of rotatable bonds is 8. The van der Waals surface area contributed by atoms with Gasteiger partial charge >= 0.3 is 0 Å². The molecular weight excluding hydrogens is 258 g/mol. The van der Waals surface area contributed by atoms with Crippen molar-refractivity contribution >= 4 is 5.57 Å². The smallest absolute Gasteiger partial charge is 0.118 e. The zero-order valence-corrected chi connectivity index (χ0v) is 13.4. The molecule has 2 heteroatoms. The van der Waals surface area contributed by atoms with E-state index in [2.05, 4.69) is 43.3 Å². The molecule has 0 saturated carbocycles. The van der Waals surface area contributed by atoms with E-state index in [1.54, 1.807) is 0 Å². The molecule has 0 heterocycles. The highest BCUT2D eigenvalue weighted by Gasteiger charge is 2.26. The minimum Gasteiger partial charge on any atom is -0.150 e. The average molecular weight is 285 g/mol. The second kappa shape index (κ2) is 8.11. The molecular formula is C19H27NO. The van der Waals surface area contributed by atoms with Crippen LogP contribution in [-0.2, 0) is 6.42 Å². The van der Waals surface area contributed by atoms with Gasteiger partial charge in [0, 0.05) is 0 Å². The highest BCUT2D eigenvalue weighted by Crippen LogP contribution is 2.38. The van der Waals surface area contributed by atoms with Crippen molar-refractivity contribution in [1.82, 2.24) is 0 Å². The Labute approximate surface area is 128 Å². The molecule has 0 radical (unpaired) electrons. The van der Waals surface area contributed by atoms with Crippen LogP contribution in [0.4, 0.5) is 0 Å². The Morgan fingerprint density at radius 2 is 1.71 bits per heavy atom. The van der Waals surface area contributed by atoms with Crippen LogP contribution in [0.25, 0.3) is 5.57 Å². The standard InChI is InChI=1S/C19H27NO/c1-3-5-7-15-9-11-17(12-10-15)19-16(8-6-4-2)13-14-18(19)20-21/h9-12,18H,3-8,13-14H2,1-2H3. The molecule has 0 amide bonds. The molecule has 1 aliphatic carbocycles. The first kappa shape index (κ1) is 15.9. The Bertz CT molecular complexity index is 487. The molecule has 1 aromatic rings. The van der Waals surface area contributed by atoms with Crippen molar-refractivity contribution in [3.8, 4) is 0 Å². The van der Waals surface area contributed by atoms with Crippen molar-refractivity contribution < 1.29 is 0 Å². The Morgan fingerprint density at radius 3 is 2.33 bits per heavy atom. The summed E-state index contributed by atoms with van der Waals surface area (Å²) in [4.78, 5) is 11.1. The van der Waals surface area contributed by atoms with Gasteiger partial charge in [0.1, 0.15) is 6.04 Å². The Morgan fingerprint density at radius 1 is 1.05 bits per heavy atom. The summed E-state index contributed by atoms with van der Waals surface area (Å²) in [6.45, 7) is 4.44. The van der Waals surface area contributed by atoms with Crippen molar-refractivity contribution in [2.24, 2.45) is 5.18 Å². The number of nitroso groups, excluding NO2 is 1. The fourth-order valence-corrected chi connectivity index (χ4v) is 3.21. The Hall–Kier alpha value is -1.44. The monoisotopic (exact) mass is 285 g/mol. The van der Waals surface area contributed by atoms with Crippen LogP contribution in [-0.4, -0.2) is 6.04 Å². The van der Waals surface area contributed by atoms with Gasteiger partial charge < -0.3 is 0 Å². The third-order valence-corrected chi connectivity index (χ3v) is 4.48. The normalized spacial score (nSPS) is 18.3. The second-order valence-corrected chi connectivity index (χ2v) is 6.08. The predicted molar refractivity (Wildman–Crippen MR) is 90.3 cm³/mol. The van der Waals surface area contributed by atoms with Crippen LogP contribution in [0.5, 0.6) is 0 Å². The summed E-state index contributed by atoms with van der Waals surface area (Å²) in [6.07, 6.45) is 9.08. The Kier molecular flexibility index (Phi) is 6.16. The third kappa shape index (κ3) is 4.03. The summed E-state index contributed by atoms with van der Waals surface area (Å²) in [7, 11) is 0. The number of nitrogens with zero attached hydrogens (tertiary/aromatic N) is 1. The van der Waals surface area contributed by atoms with Crippen molar-refractivity contribution in [2.75, 3.05) is 0 Å². The van der Waals surface area contributed by atoms with Crippen LogP contribution >= 0.6 is 0 Å². The first-order valence-electron chi connectivity index (χ1n) is 8.43. The number of hydrogen-bond donors (Lipinski definition) is 0. The summed E-state index contributed by atoms with van der Waals surface area (Å²) in [6, 6.07) is 8.69. The molecule has 1 aliphatic rings. The van der Waals surface area contributed by atoms with Crippen molar-refractivity contribution in [3.05, 3.63) is 45.9 Å². The largest absolute Gasteiger partial charge is 0.150 e. The third-order valence-electron chi connectivity index (χ3n) is 4.48. The van der Waals surface area contributed by atoms with Gasteiger partial charge in [0.15, 0.2) is 0 Å². The maximum atomic E-state index is 11.1. The molecule has 0 fully saturated rings. The van der Waals surface area contributed by atoms with Gasteiger partial charge in [-0.2, -0.15) is 4.91 Å². The van der Waals surface area contributed by atoms with Gasteiger partial charge in [-0.3, -0.25) is 0 Å². The summed E-state index contributed by atoms with van der Waals surface area (Å²) >= 11 is 0. The van der Waals surface area contributed by atoms with Gasteiger partial charge in [-0.1, -0.05) is 61.7 Å². The molecule has 0 aromatic heterocycles. The Balaban J connectivity index is 2.20. The molecule has 2 nitrogen and oxygen atoms in total. The van der Waals surface area contributed by atoms with Gasteiger partial charge in [0.25, 0.3) is 0 Å². The van der Waals surface area contributed by atoms with Gasteiger partial charge in [-0.05, 0) is 55.2 Å². The average Bonchev–Trinajstić information content (AvgIpc) is 2.94. The molecule has 2 rings (SSSR count). The molecule has 114 valence electrons. The zero-order valence-electron chi connectivity index (χ0n) is 13.4. The van der Waals surface area contributed by atoms with Gasteiger partial charge in [-0.25, -0.2) is 0 Å². The molecule has 0 aliphatic heterocycles. The number of unbranched alkanes of at least 4 members (excludes halogenated alkanes) is 2. The summed E-state index contributed by atoms with van der Waals surface area (Å²) < 4.78 is 0. The maximum absolute atomic E-state index is 11.1. The van der Waals surface area contributed by atoms with E-state index in [9.17, 15) is 4.91 Å². The summed E-state index contributed by atoms with van der Waals surface area (Å²) in [5.74, 6) is 0. The first-order chi connectivity index (χ1) is 10.3. The fourth-order valence-electron chi connectivity index (χ4n) is 3.21. The lowest BCUT2D eigenvalue weighted by Gasteiger charge is -2.11. The molecule has 0 spiro atoms. The second-order valence-electron chi connectivity index (χ2n) is 6.08. The quantitative estimate of drug-likeness (QED) is 0.546. The lowest BCUT2D eigenvalue weighted by atomic mass is 9.95. The van der Waals surface area contributed by atoms with E-state index in [-0.39, 0.29) is 6.04 Å². The molecule has 1 atom stereocenters. The van der Waals surface area contributed by atoms with Gasteiger partial charge in [0.05, 0.1) is 0 Å². The van der Waals surface area contributed by atoms with E-state index in [4.69, 9.17) is 0 Å². The molecule has 1 aromatic carbocycles. The van der Waals surface area contributed by atoms with Crippen molar-refractivity contribution in [2.45, 2.75) is 71.3 Å². The SMILES string of the molecule is CCCCC1=C(c2ccc(CCCC)cc2)C(N=O)CC1. The minimum atomic E-state index is -0.127. The van der Waals surface area contributed by atoms with E-state index in [1.807, 2.05) is 0 Å². The predicted octanol–water partition coefficient (Wildman–Crippen LogP) is 5.90. The van der Waals surface area contributed by atoms with Crippen LogP contribution in [0.3, 0.4) is 0 Å². The van der Waals surface area contributed by atoms with Crippen LogP contribution < -0.4 is 0 Å². The zero-order chi connectivity index (χ0) is 15.1. The number of benzene rings is 1. The molecule has 21 heavy (non-hydrogen) atoms. The molecule has 0 saturated heterocycles. The minimum absolute atomic E-state index is 0.127. The first-order valence-corrected chi connectivity index (χ1v) is 8.43.